The molecule has 1 fully saturated rings. The summed E-state index contributed by atoms with van der Waals surface area (Å²) in [5, 5.41) is 2.69. The normalized spacial score (nSPS) is 18.8. The summed E-state index contributed by atoms with van der Waals surface area (Å²) in [6.07, 6.45) is 0. The van der Waals surface area contributed by atoms with Crippen LogP contribution in [0.15, 0.2) is 12.1 Å². The quantitative estimate of drug-likeness (QED) is 0.803. The molecule has 5 nitrogen and oxygen atoms in total. The van der Waals surface area contributed by atoms with Gasteiger partial charge in [-0.15, -0.1) is 0 Å². The molecule has 0 radical (unpaired) electrons. The molecule has 0 spiro atoms. The lowest BCUT2D eigenvalue weighted by Crippen LogP contribution is -2.64. The fourth-order valence-electron chi connectivity index (χ4n) is 2.15. The molecular formula is C13H17N3O2. The minimum absolute atomic E-state index is 0.0494. The van der Waals surface area contributed by atoms with E-state index in [1.807, 2.05) is 26.0 Å². The molecule has 2 heterocycles. The number of nitrogens with one attached hydrogen (secondary N) is 1. The lowest BCUT2D eigenvalue weighted by atomic mass is 9.99. The molecule has 18 heavy (non-hydrogen) atoms. The van der Waals surface area contributed by atoms with Crippen molar-refractivity contribution < 1.29 is 9.59 Å². The Hall–Kier alpha value is -1.91. The van der Waals surface area contributed by atoms with Crippen molar-refractivity contribution in [3.05, 3.63) is 23.5 Å². The second-order valence-electron chi connectivity index (χ2n) is 5.12. The van der Waals surface area contributed by atoms with Gasteiger partial charge in [0, 0.05) is 5.69 Å². The summed E-state index contributed by atoms with van der Waals surface area (Å²) < 4.78 is 0. The van der Waals surface area contributed by atoms with E-state index < -0.39 is 5.54 Å². The zero-order valence-electron chi connectivity index (χ0n) is 11.1. The van der Waals surface area contributed by atoms with Crippen LogP contribution >= 0.6 is 0 Å². The van der Waals surface area contributed by atoms with Crippen molar-refractivity contribution in [2.45, 2.75) is 33.2 Å². The first-order chi connectivity index (χ1) is 8.31. The molecule has 0 aliphatic carbocycles. The molecule has 1 aromatic heterocycles. The molecule has 96 valence electrons. The average Bonchev–Trinajstić information content (AvgIpc) is 2.23. The van der Waals surface area contributed by atoms with Crippen molar-refractivity contribution in [1.29, 1.82) is 0 Å². The Morgan fingerprint density at radius 2 is 1.94 bits per heavy atom. The van der Waals surface area contributed by atoms with Gasteiger partial charge < -0.3 is 5.32 Å². The monoisotopic (exact) mass is 247 g/mol. The molecule has 1 N–H and O–H groups in total. The zero-order chi connectivity index (χ0) is 13.5. The smallest absolute Gasteiger partial charge is 0.252 e. The fraction of sp³-hybridized carbons (Fsp3) is 0.462. The number of piperazine rings is 1. The highest BCUT2D eigenvalue weighted by Gasteiger charge is 2.40. The van der Waals surface area contributed by atoms with Gasteiger partial charge in [0.25, 0.3) is 5.91 Å². The van der Waals surface area contributed by atoms with Gasteiger partial charge in [-0.1, -0.05) is 0 Å². The highest BCUT2D eigenvalue weighted by molar-refractivity contribution is 6.08. The Kier molecular flexibility index (Phi) is 2.84. The van der Waals surface area contributed by atoms with Crippen molar-refractivity contribution in [1.82, 2.24) is 10.3 Å². The van der Waals surface area contributed by atoms with E-state index in [4.69, 9.17) is 0 Å². The molecule has 0 unspecified atom stereocenters. The van der Waals surface area contributed by atoms with Gasteiger partial charge >= 0.3 is 0 Å². The SMILES string of the molecule is Cc1ccc(N2CC(=O)NC(C)(C)C2=O)c(C)n1. The van der Waals surface area contributed by atoms with E-state index in [1.165, 1.54) is 4.90 Å². The average molecular weight is 247 g/mol. The Morgan fingerprint density at radius 1 is 1.28 bits per heavy atom. The molecule has 1 aliphatic heterocycles. The van der Waals surface area contributed by atoms with Crippen LogP contribution in [0.25, 0.3) is 0 Å². The lowest BCUT2D eigenvalue weighted by Gasteiger charge is -2.37. The maximum absolute atomic E-state index is 12.3. The van der Waals surface area contributed by atoms with Gasteiger partial charge in [0.15, 0.2) is 0 Å². The summed E-state index contributed by atoms with van der Waals surface area (Å²) in [4.78, 5) is 29.8. The van der Waals surface area contributed by atoms with Crippen LogP contribution in [-0.4, -0.2) is 28.9 Å². The molecular weight excluding hydrogens is 230 g/mol. The van der Waals surface area contributed by atoms with E-state index in [0.717, 1.165) is 11.4 Å². The van der Waals surface area contributed by atoms with Gasteiger partial charge in [0.05, 0.1) is 11.4 Å². The van der Waals surface area contributed by atoms with Crippen LogP contribution in [0.2, 0.25) is 0 Å². The van der Waals surface area contributed by atoms with E-state index in [9.17, 15) is 9.59 Å². The first-order valence-corrected chi connectivity index (χ1v) is 5.88. The predicted molar refractivity (Wildman–Crippen MR) is 68.3 cm³/mol. The Balaban J connectivity index is 2.43. The number of hydrogen-bond donors (Lipinski definition) is 1. The largest absolute Gasteiger partial charge is 0.341 e. The van der Waals surface area contributed by atoms with E-state index in [0.29, 0.717) is 5.69 Å². The van der Waals surface area contributed by atoms with Gasteiger partial charge in [0.2, 0.25) is 5.91 Å². The van der Waals surface area contributed by atoms with E-state index >= 15 is 0 Å². The summed E-state index contributed by atoms with van der Waals surface area (Å²) in [7, 11) is 0. The maximum atomic E-state index is 12.3. The number of nitrogens with zero attached hydrogens (tertiary/aromatic N) is 2. The topological polar surface area (TPSA) is 62.3 Å². The van der Waals surface area contributed by atoms with E-state index in [2.05, 4.69) is 10.3 Å². The highest BCUT2D eigenvalue weighted by atomic mass is 16.2. The molecule has 0 saturated carbocycles. The maximum Gasteiger partial charge on any atom is 0.252 e. The standard InChI is InChI=1S/C13H17N3O2/c1-8-5-6-10(9(2)14-8)16-7-11(17)15-13(3,4)12(16)18/h5-6H,7H2,1-4H3,(H,15,17). The number of carbonyl (C=O) groups excluding carboxylic acids is 2. The number of anilines is 1. The van der Waals surface area contributed by atoms with E-state index in [-0.39, 0.29) is 18.4 Å². The number of amides is 2. The van der Waals surface area contributed by atoms with Crippen molar-refractivity contribution >= 4 is 17.5 Å². The molecule has 0 aromatic carbocycles. The lowest BCUT2D eigenvalue weighted by molar-refractivity contribution is -0.134. The summed E-state index contributed by atoms with van der Waals surface area (Å²) >= 11 is 0. The predicted octanol–water partition coefficient (Wildman–Crippen LogP) is 0.940. The Bertz CT molecular complexity index is 523. The third kappa shape index (κ3) is 2.08. The number of aromatic nitrogens is 1. The number of pyridine rings is 1. The van der Waals surface area contributed by atoms with Crippen molar-refractivity contribution in [2.75, 3.05) is 11.4 Å². The number of aryl methyl sites for hydroxylation is 2. The first kappa shape index (κ1) is 12.5. The number of hydrogen-bond acceptors (Lipinski definition) is 3. The third-order valence-corrected chi connectivity index (χ3v) is 3.02. The van der Waals surface area contributed by atoms with Gasteiger partial charge in [-0.2, -0.15) is 0 Å². The second-order valence-corrected chi connectivity index (χ2v) is 5.12. The first-order valence-electron chi connectivity index (χ1n) is 5.88. The van der Waals surface area contributed by atoms with Crippen molar-refractivity contribution in [3.8, 4) is 0 Å². The van der Waals surface area contributed by atoms with Gasteiger partial charge in [0.1, 0.15) is 12.1 Å². The Morgan fingerprint density at radius 3 is 2.56 bits per heavy atom. The molecule has 1 aliphatic rings. The molecule has 0 atom stereocenters. The second kappa shape index (κ2) is 4.08. The summed E-state index contributed by atoms with van der Waals surface area (Å²) in [5.41, 5.74) is 1.49. The summed E-state index contributed by atoms with van der Waals surface area (Å²) in [6.45, 7) is 7.20. The van der Waals surface area contributed by atoms with Crippen molar-refractivity contribution in [3.63, 3.8) is 0 Å². The van der Waals surface area contributed by atoms with Crippen LogP contribution in [0, 0.1) is 13.8 Å². The third-order valence-electron chi connectivity index (χ3n) is 3.02. The molecule has 0 bridgehead atoms. The van der Waals surface area contributed by atoms with Crippen LogP contribution in [0.5, 0.6) is 0 Å². The molecule has 2 amide bonds. The van der Waals surface area contributed by atoms with Crippen LogP contribution in [0.4, 0.5) is 5.69 Å². The zero-order valence-corrected chi connectivity index (χ0v) is 11.1. The van der Waals surface area contributed by atoms with Crippen LogP contribution in [0.3, 0.4) is 0 Å². The van der Waals surface area contributed by atoms with Crippen LogP contribution in [0.1, 0.15) is 25.2 Å². The van der Waals surface area contributed by atoms with Gasteiger partial charge in [-0.3, -0.25) is 19.5 Å². The molecule has 5 heteroatoms. The molecule has 1 saturated heterocycles. The van der Waals surface area contributed by atoms with Gasteiger partial charge in [-0.25, -0.2) is 0 Å². The van der Waals surface area contributed by atoms with E-state index in [1.54, 1.807) is 13.8 Å². The minimum Gasteiger partial charge on any atom is -0.341 e. The Labute approximate surface area is 106 Å². The van der Waals surface area contributed by atoms with Gasteiger partial charge in [-0.05, 0) is 39.8 Å². The van der Waals surface area contributed by atoms with Crippen LogP contribution in [-0.2, 0) is 9.59 Å². The molecule has 1 aromatic rings. The number of rotatable bonds is 1. The highest BCUT2D eigenvalue weighted by Crippen LogP contribution is 2.24. The fourth-order valence-corrected chi connectivity index (χ4v) is 2.15. The molecule has 2 rings (SSSR count). The summed E-state index contributed by atoms with van der Waals surface area (Å²) in [6, 6.07) is 3.68. The van der Waals surface area contributed by atoms with Crippen LogP contribution < -0.4 is 10.2 Å². The van der Waals surface area contributed by atoms with Crippen molar-refractivity contribution in [2.24, 2.45) is 0 Å². The minimum atomic E-state index is -0.868. The summed E-state index contributed by atoms with van der Waals surface area (Å²) in [5.74, 6) is -0.268. The number of carbonyl (C=O) groups is 2.